The van der Waals surface area contributed by atoms with E-state index >= 15 is 0 Å². The zero-order valence-electron chi connectivity index (χ0n) is 20.7. The minimum Gasteiger partial charge on any atom is -0.379 e. The van der Waals surface area contributed by atoms with Gasteiger partial charge in [-0.3, -0.25) is 4.90 Å². The highest BCUT2D eigenvalue weighted by Gasteiger charge is 2.26. The van der Waals surface area contributed by atoms with Crippen molar-refractivity contribution in [2.75, 3.05) is 52.5 Å². The summed E-state index contributed by atoms with van der Waals surface area (Å²) >= 11 is 6.14. The van der Waals surface area contributed by atoms with Crippen molar-refractivity contribution >= 4 is 29.8 Å². The number of allylic oxidation sites excluding steroid dienone is 1. The number of hydrogen-bond donors (Lipinski definition) is 1. The second-order valence-electron chi connectivity index (χ2n) is 9.19. The van der Waals surface area contributed by atoms with Gasteiger partial charge in [0.05, 0.1) is 13.2 Å². The van der Waals surface area contributed by atoms with E-state index in [1.165, 1.54) is 16.1 Å². The molecule has 2 fully saturated rings. The highest BCUT2D eigenvalue weighted by Crippen LogP contribution is 2.26. The Labute approximate surface area is 213 Å². The average molecular weight is 497 g/mol. The first-order valence-electron chi connectivity index (χ1n) is 12.7. The van der Waals surface area contributed by atoms with Crippen LogP contribution in [0.2, 0.25) is 5.02 Å². The van der Waals surface area contributed by atoms with Crippen LogP contribution in [-0.4, -0.2) is 72.9 Å². The van der Waals surface area contributed by atoms with Crippen molar-refractivity contribution in [3.8, 4) is 5.69 Å². The first-order chi connectivity index (χ1) is 17.1. The van der Waals surface area contributed by atoms with Crippen LogP contribution in [-0.2, 0) is 4.74 Å². The molecule has 1 aromatic heterocycles. The van der Waals surface area contributed by atoms with Crippen molar-refractivity contribution in [2.45, 2.75) is 32.1 Å². The van der Waals surface area contributed by atoms with Crippen molar-refractivity contribution in [1.29, 1.82) is 0 Å². The average Bonchev–Trinajstić information content (AvgIpc) is 3.23. The van der Waals surface area contributed by atoms with Crippen LogP contribution in [0.3, 0.4) is 0 Å². The fourth-order valence-electron chi connectivity index (χ4n) is 5.05. The topological polar surface area (TPSA) is 49.7 Å². The molecule has 0 atom stereocenters. The van der Waals surface area contributed by atoms with Crippen molar-refractivity contribution in [3.63, 3.8) is 0 Å². The highest BCUT2D eigenvalue weighted by molar-refractivity contribution is 6.30. The van der Waals surface area contributed by atoms with E-state index in [4.69, 9.17) is 16.3 Å². The van der Waals surface area contributed by atoms with Gasteiger partial charge in [-0.15, -0.1) is 0 Å². The molecule has 2 aromatic rings. The summed E-state index contributed by atoms with van der Waals surface area (Å²) < 4.78 is 7.65. The third kappa shape index (κ3) is 6.37. The molecule has 3 heterocycles. The van der Waals surface area contributed by atoms with Crippen molar-refractivity contribution in [1.82, 2.24) is 19.7 Å². The molecule has 7 heteroatoms. The number of aromatic nitrogens is 1. The van der Waals surface area contributed by atoms with E-state index in [9.17, 15) is 4.79 Å². The van der Waals surface area contributed by atoms with Gasteiger partial charge in [0.25, 0.3) is 0 Å². The Morgan fingerprint density at radius 1 is 1.17 bits per heavy atom. The van der Waals surface area contributed by atoms with Crippen LogP contribution in [0.1, 0.15) is 37.7 Å². The van der Waals surface area contributed by atoms with Crippen molar-refractivity contribution in [2.24, 2.45) is 0 Å². The number of benzene rings is 1. The van der Waals surface area contributed by atoms with Gasteiger partial charge < -0.3 is 19.5 Å². The first-order valence-corrected chi connectivity index (χ1v) is 13.1. The summed E-state index contributed by atoms with van der Waals surface area (Å²) in [5.74, 6) is 0.399. The Bertz CT molecular complexity index is 1110. The number of piperidine rings is 1. The number of ether oxygens (including phenoxy) is 1. The minimum absolute atomic E-state index is 0.0494. The Hall–Kier alpha value is -2.54. The number of rotatable bonds is 7. The number of nitrogens with one attached hydrogen (secondary N) is 1. The molecule has 4 rings (SSSR count). The van der Waals surface area contributed by atoms with Gasteiger partial charge in [0.15, 0.2) is 0 Å². The summed E-state index contributed by atoms with van der Waals surface area (Å²) in [5.41, 5.74) is 2.42. The van der Waals surface area contributed by atoms with Gasteiger partial charge in [0.1, 0.15) is 0 Å². The second kappa shape index (κ2) is 12.4. The van der Waals surface area contributed by atoms with Gasteiger partial charge in [0.2, 0.25) is 0 Å². The second-order valence-corrected chi connectivity index (χ2v) is 9.63. The summed E-state index contributed by atoms with van der Waals surface area (Å²) in [6.07, 6.45) is 11.4. The minimum atomic E-state index is 0.0494. The van der Waals surface area contributed by atoms with Crippen LogP contribution < -0.4 is 15.9 Å². The molecule has 188 valence electrons. The predicted molar refractivity (Wildman–Crippen MR) is 144 cm³/mol. The summed E-state index contributed by atoms with van der Waals surface area (Å²) in [6.45, 7) is 12.7. The van der Waals surface area contributed by atoms with Gasteiger partial charge in [-0.2, -0.15) is 0 Å². The maximum atomic E-state index is 12.7. The molecule has 0 unspecified atom stereocenters. The smallest absolute Gasteiger partial charge is 0.317 e. The molecular formula is C28H37ClN4O2. The van der Waals surface area contributed by atoms with Crippen LogP contribution >= 0.6 is 11.6 Å². The third-order valence-corrected chi connectivity index (χ3v) is 7.18. The molecule has 0 spiro atoms. The Balaban J connectivity index is 1.45. The van der Waals surface area contributed by atoms with E-state index in [1.807, 2.05) is 23.1 Å². The number of hydrogen-bond acceptors (Lipinski definition) is 3. The highest BCUT2D eigenvalue weighted by atomic mass is 35.5. The van der Waals surface area contributed by atoms with E-state index in [-0.39, 0.29) is 6.03 Å². The zero-order chi connectivity index (χ0) is 24.6. The van der Waals surface area contributed by atoms with Gasteiger partial charge in [0, 0.05) is 66.7 Å². The zero-order valence-corrected chi connectivity index (χ0v) is 21.5. The number of halogens is 1. The Morgan fingerprint density at radius 2 is 1.89 bits per heavy atom. The molecule has 1 N–H and O–H groups in total. The van der Waals surface area contributed by atoms with E-state index in [2.05, 4.69) is 58.8 Å². The standard InChI is InChI=1S/C28H37ClN4O2/c1-3-5-25-26(21-33(27(25)6-4-2)24-9-7-23(29)8-10-24)22-11-14-32(15-12-22)28(34)30-13-16-31-17-19-35-20-18-31/h3,5-10,21-22H,1,4,11-20H2,2H3,(H,30,34). The van der Waals surface area contributed by atoms with E-state index in [0.29, 0.717) is 12.5 Å². The van der Waals surface area contributed by atoms with Gasteiger partial charge in [-0.25, -0.2) is 4.79 Å². The van der Waals surface area contributed by atoms with Crippen molar-refractivity contribution in [3.05, 3.63) is 64.3 Å². The lowest BCUT2D eigenvalue weighted by Gasteiger charge is -2.32. The van der Waals surface area contributed by atoms with Crippen LogP contribution in [0.25, 0.3) is 17.8 Å². The molecule has 2 aliphatic rings. The van der Waals surface area contributed by atoms with E-state index in [1.54, 1.807) is 0 Å². The first kappa shape index (κ1) is 25.5. The molecular weight excluding hydrogens is 460 g/mol. The van der Waals surface area contributed by atoms with E-state index < -0.39 is 0 Å². The number of likely N-dealkylation sites (tertiary alicyclic amines) is 1. The largest absolute Gasteiger partial charge is 0.379 e. The number of amides is 2. The summed E-state index contributed by atoms with van der Waals surface area (Å²) in [5, 5.41) is 6.25. The molecule has 2 saturated heterocycles. The molecule has 1 aromatic carbocycles. The van der Waals surface area contributed by atoms with Crippen LogP contribution in [0.4, 0.5) is 4.79 Å². The normalized spacial score (nSPS) is 18.7. The number of nitrogens with zero attached hydrogens (tertiary/aromatic N) is 3. The monoisotopic (exact) mass is 496 g/mol. The summed E-state index contributed by atoms with van der Waals surface area (Å²) in [4.78, 5) is 17.0. The van der Waals surface area contributed by atoms with E-state index in [0.717, 1.165) is 75.9 Å². The number of carbonyl (C=O) groups excluding carboxylic acids is 1. The molecule has 0 radical (unpaired) electrons. The molecule has 0 aliphatic carbocycles. The fraction of sp³-hybridized carbons (Fsp3) is 0.464. The number of urea groups is 1. The maximum absolute atomic E-state index is 12.7. The lowest BCUT2D eigenvalue weighted by Crippen LogP contribution is -2.47. The van der Waals surface area contributed by atoms with Gasteiger partial charge >= 0.3 is 6.03 Å². The lowest BCUT2D eigenvalue weighted by atomic mass is 9.90. The van der Waals surface area contributed by atoms with Crippen molar-refractivity contribution < 1.29 is 9.53 Å². The molecule has 0 saturated carbocycles. The molecule has 6 nitrogen and oxygen atoms in total. The fourth-order valence-corrected chi connectivity index (χ4v) is 5.17. The Morgan fingerprint density at radius 3 is 2.54 bits per heavy atom. The third-order valence-electron chi connectivity index (χ3n) is 6.93. The van der Waals surface area contributed by atoms with Gasteiger partial charge in [-0.05, 0) is 55.0 Å². The van der Waals surface area contributed by atoms with Crippen LogP contribution in [0, 0.1) is 0 Å². The SMILES string of the molecule is C=CC=c1c(C2CCN(C(=O)NCCN3CCOCC3)CC2)cn(-c2ccc(Cl)cc2)c1=CCC. The lowest BCUT2D eigenvalue weighted by molar-refractivity contribution is 0.0385. The summed E-state index contributed by atoms with van der Waals surface area (Å²) in [6, 6.07) is 8.02. The number of carbonyl (C=O) groups is 1. The quantitative estimate of drug-likeness (QED) is 0.638. The molecule has 35 heavy (non-hydrogen) atoms. The summed E-state index contributed by atoms with van der Waals surface area (Å²) in [7, 11) is 0. The maximum Gasteiger partial charge on any atom is 0.317 e. The molecule has 2 amide bonds. The Kier molecular flexibility index (Phi) is 9.07. The van der Waals surface area contributed by atoms with Crippen LogP contribution in [0.15, 0.2) is 43.1 Å². The number of morpholine rings is 1. The molecule has 0 bridgehead atoms. The van der Waals surface area contributed by atoms with Gasteiger partial charge in [-0.1, -0.05) is 43.3 Å². The van der Waals surface area contributed by atoms with Crippen LogP contribution in [0.5, 0.6) is 0 Å². The molecule has 2 aliphatic heterocycles. The predicted octanol–water partition coefficient (Wildman–Crippen LogP) is 3.51.